The first kappa shape index (κ1) is 17.2. The Morgan fingerprint density at radius 2 is 1.88 bits per heavy atom. The molecular weight excluding hydrogens is 384 g/mol. The molecule has 0 saturated heterocycles. The largest absolute Gasteiger partial charge is 0.451 e. The van der Waals surface area contributed by atoms with Crippen LogP contribution < -0.4 is 5.32 Å². The number of aromatic amines is 1. The summed E-state index contributed by atoms with van der Waals surface area (Å²) >= 11 is 3.37. The lowest BCUT2D eigenvalue weighted by atomic mass is 10.1. The number of hydrogen-bond donors (Lipinski definition) is 2. The third-order valence-electron chi connectivity index (χ3n) is 3.83. The first-order chi connectivity index (χ1) is 12.0. The Morgan fingerprint density at radius 3 is 2.60 bits per heavy atom. The van der Waals surface area contributed by atoms with Gasteiger partial charge in [-0.1, -0.05) is 46.3 Å². The lowest BCUT2D eigenvalue weighted by Crippen LogP contribution is -2.31. The minimum atomic E-state index is -0.553. The Hall–Kier alpha value is -2.60. The van der Waals surface area contributed by atoms with Gasteiger partial charge in [0.25, 0.3) is 5.91 Å². The van der Waals surface area contributed by atoms with Gasteiger partial charge in [-0.3, -0.25) is 4.79 Å². The summed E-state index contributed by atoms with van der Waals surface area (Å²) in [5.74, 6) is -0.900. The van der Waals surface area contributed by atoms with E-state index >= 15 is 0 Å². The third kappa shape index (κ3) is 4.28. The minimum Gasteiger partial charge on any atom is -0.451 e. The summed E-state index contributed by atoms with van der Waals surface area (Å²) < 4.78 is 6.06. The number of carbonyl (C=O) groups excluding carboxylic acids is 2. The van der Waals surface area contributed by atoms with Gasteiger partial charge in [0, 0.05) is 15.4 Å². The molecule has 0 spiro atoms. The fourth-order valence-electron chi connectivity index (χ4n) is 2.51. The molecule has 1 amide bonds. The van der Waals surface area contributed by atoms with Crippen LogP contribution in [0.3, 0.4) is 0 Å². The number of para-hydroxylation sites is 1. The average Bonchev–Trinajstić information content (AvgIpc) is 3.04. The molecule has 0 aliphatic heterocycles. The van der Waals surface area contributed by atoms with Crippen LogP contribution in [0.25, 0.3) is 10.9 Å². The van der Waals surface area contributed by atoms with Crippen molar-refractivity contribution in [1.82, 2.24) is 10.3 Å². The second-order valence-corrected chi connectivity index (χ2v) is 6.60. The number of esters is 1. The number of amides is 1. The van der Waals surface area contributed by atoms with Gasteiger partial charge in [0.15, 0.2) is 6.61 Å². The molecule has 1 heterocycles. The number of rotatable bonds is 5. The van der Waals surface area contributed by atoms with Crippen molar-refractivity contribution < 1.29 is 14.3 Å². The van der Waals surface area contributed by atoms with E-state index in [0.29, 0.717) is 5.69 Å². The molecule has 6 heteroatoms. The van der Waals surface area contributed by atoms with Gasteiger partial charge in [-0.15, -0.1) is 0 Å². The van der Waals surface area contributed by atoms with E-state index in [1.165, 1.54) is 0 Å². The van der Waals surface area contributed by atoms with E-state index in [9.17, 15) is 9.59 Å². The maximum Gasteiger partial charge on any atom is 0.355 e. The van der Waals surface area contributed by atoms with Crippen LogP contribution in [0.4, 0.5) is 0 Å². The molecular formula is C19H17BrN2O3. The number of carbonyl (C=O) groups is 2. The number of nitrogens with one attached hydrogen (secondary N) is 2. The monoisotopic (exact) mass is 400 g/mol. The number of ether oxygens (including phenoxy) is 1. The number of halogens is 1. The molecule has 0 aliphatic carbocycles. The van der Waals surface area contributed by atoms with Crippen LogP contribution >= 0.6 is 15.9 Å². The predicted molar refractivity (Wildman–Crippen MR) is 99.3 cm³/mol. The second kappa shape index (κ2) is 7.53. The highest BCUT2D eigenvalue weighted by atomic mass is 79.9. The molecule has 1 aromatic heterocycles. The van der Waals surface area contributed by atoms with Crippen molar-refractivity contribution in [3.8, 4) is 0 Å². The zero-order chi connectivity index (χ0) is 17.8. The fraction of sp³-hybridized carbons (Fsp3) is 0.158. The van der Waals surface area contributed by atoms with Crippen LogP contribution in [-0.2, 0) is 9.53 Å². The van der Waals surface area contributed by atoms with E-state index in [2.05, 4.69) is 26.2 Å². The first-order valence-corrected chi connectivity index (χ1v) is 8.62. The molecule has 0 aliphatic rings. The van der Waals surface area contributed by atoms with Crippen LogP contribution in [0.2, 0.25) is 0 Å². The quantitative estimate of drug-likeness (QED) is 0.636. The van der Waals surface area contributed by atoms with Crippen molar-refractivity contribution in [1.29, 1.82) is 0 Å². The zero-order valence-electron chi connectivity index (χ0n) is 13.6. The molecule has 0 fully saturated rings. The minimum absolute atomic E-state index is 0.174. The summed E-state index contributed by atoms with van der Waals surface area (Å²) in [5, 5.41) is 3.73. The summed E-state index contributed by atoms with van der Waals surface area (Å²) in [6.45, 7) is 1.55. The Labute approximate surface area is 153 Å². The van der Waals surface area contributed by atoms with Crippen molar-refractivity contribution in [2.45, 2.75) is 13.0 Å². The number of benzene rings is 2. The normalized spacial score (nSPS) is 11.9. The average molecular weight is 401 g/mol. The SMILES string of the molecule is C[C@H](NC(=O)COC(=O)c1cc2ccccc2[nH]1)c1ccc(Br)cc1. The molecule has 128 valence electrons. The Kier molecular flexibility index (Phi) is 5.19. The third-order valence-corrected chi connectivity index (χ3v) is 4.36. The molecule has 0 bridgehead atoms. The maximum atomic E-state index is 12.1. The number of hydrogen-bond acceptors (Lipinski definition) is 3. The van der Waals surface area contributed by atoms with Crippen LogP contribution in [0.5, 0.6) is 0 Å². The van der Waals surface area contributed by atoms with Crippen molar-refractivity contribution in [2.75, 3.05) is 6.61 Å². The molecule has 1 atom stereocenters. The second-order valence-electron chi connectivity index (χ2n) is 5.69. The van der Waals surface area contributed by atoms with Crippen LogP contribution in [0, 0.1) is 0 Å². The van der Waals surface area contributed by atoms with Gasteiger partial charge >= 0.3 is 5.97 Å². The smallest absolute Gasteiger partial charge is 0.355 e. The molecule has 2 aromatic carbocycles. The van der Waals surface area contributed by atoms with E-state index in [-0.39, 0.29) is 18.6 Å². The fourth-order valence-corrected chi connectivity index (χ4v) is 2.77. The molecule has 2 N–H and O–H groups in total. The highest BCUT2D eigenvalue weighted by Crippen LogP contribution is 2.17. The van der Waals surface area contributed by atoms with Crippen LogP contribution in [0.15, 0.2) is 59.1 Å². The van der Waals surface area contributed by atoms with E-state index in [1.54, 1.807) is 6.07 Å². The van der Waals surface area contributed by atoms with E-state index in [4.69, 9.17) is 4.74 Å². The Morgan fingerprint density at radius 1 is 1.16 bits per heavy atom. The van der Waals surface area contributed by atoms with Gasteiger partial charge in [-0.25, -0.2) is 4.79 Å². The summed E-state index contributed by atoms with van der Waals surface area (Å²) in [6.07, 6.45) is 0. The Bertz CT molecular complexity index is 869. The molecule has 0 radical (unpaired) electrons. The molecule has 5 nitrogen and oxygen atoms in total. The van der Waals surface area contributed by atoms with Crippen molar-refractivity contribution in [2.24, 2.45) is 0 Å². The topological polar surface area (TPSA) is 71.2 Å². The van der Waals surface area contributed by atoms with Crippen molar-refractivity contribution in [3.63, 3.8) is 0 Å². The summed E-state index contributed by atoms with van der Waals surface area (Å²) in [5.41, 5.74) is 2.15. The van der Waals surface area contributed by atoms with Gasteiger partial charge < -0.3 is 15.0 Å². The molecule has 0 unspecified atom stereocenters. The van der Waals surface area contributed by atoms with Crippen LogP contribution in [0.1, 0.15) is 29.0 Å². The van der Waals surface area contributed by atoms with E-state index in [0.717, 1.165) is 20.9 Å². The lowest BCUT2D eigenvalue weighted by molar-refractivity contribution is -0.124. The summed E-state index contributed by atoms with van der Waals surface area (Å²) in [4.78, 5) is 27.0. The maximum absolute atomic E-state index is 12.1. The van der Waals surface area contributed by atoms with Gasteiger partial charge in [0.1, 0.15) is 5.69 Å². The van der Waals surface area contributed by atoms with Crippen LogP contribution in [-0.4, -0.2) is 23.5 Å². The Balaban J connectivity index is 1.54. The molecule has 3 rings (SSSR count). The van der Waals surface area contributed by atoms with Crippen molar-refractivity contribution >= 4 is 38.7 Å². The number of aromatic nitrogens is 1. The van der Waals surface area contributed by atoms with Gasteiger partial charge in [-0.05, 0) is 36.8 Å². The zero-order valence-corrected chi connectivity index (χ0v) is 15.2. The van der Waals surface area contributed by atoms with E-state index < -0.39 is 5.97 Å². The summed E-state index contributed by atoms with van der Waals surface area (Å²) in [7, 11) is 0. The van der Waals surface area contributed by atoms with Gasteiger partial charge in [0.05, 0.1) is 6.04 Å². The highest BCUT2D eigenvalue weighted by Gasteiger charge is 2.14. The standard InChI is InChI=1S/C19H17BrN2O3/c1-12(13-6-8-15(20)9-7-13)21-18(23)11-25-19(24)17-10-14-4-2-3-5-16(14)22-17/h2-10,12,22H,11H2,1H3,(H,21,23)/t12-/m0/s1. The van der Waals surface area contributed by atoms with Crippen molar-refractivity contribution in [3.05, 3.63) is 70.3 Å². The van der Waals surface area contributed by atoms with Gasteiger partial charge in [0.2, 0.25) is 0 Å². The number of fused-ring (bicyclic) bond motifs is 1. The molecule has 3 aromatic rings. The molecule has 25 heavy (non-hydrogen) atoms. The first-order valence-electron chi connectivity index (χ1n) is 7.82. The van der Waals surface area contributed by atoms with E-state index in [1.807, 2.05) is 55.5 Å². The predicted octanol–water partition coefficient (Wildman–Crippen LogP) is 3.96. The molecule has 0 saturated carbocycles. The number of H-pyrrole nitrogens is 1. The van der Waals surface area contributed by atoms with Gasteiger partial charge in [-0.2, -0.15) is 0 Å². The lowest BCUT2D eigenvalue weighted by Gasteiger charge is -2.14. The summed E-state index contributed by atoms with van der Waals surface area (Å²) in [6, 6.07) is 16.7. The highest BCUT2D eigenvalue weighted by molar-refractivity contribution is 9.10.